The SMILES string of the molecule is CCOc1cccc(C(=O)N(Cc2cccc(OC)c2)[C@@H]2CCS(=O)(=O)C2)c1. The standard InChI is InChI=1S/C21H25NO5S/c1-3-27-20-9-5-7-17(13-20)21(23)22(18-10-11-28(24,25)15-18)14-16-6-4-8-19(12-16)26-2/h4-9,12-13,18H,3,10-11,14-15H2,1-2H3/t18-/m1/s1. The fourth-order valence-electron chi connectivity index (χ4n) is 3.41. The van der Waals surface area contributed by atoms with E-state index < -0.39 is 9.84 Å². The quantitative estimate of drug-likeness (QED) is 0.711. The van der Waals surface area contributed by atoms with Crippen molar-refractivity contribution in [3.05, 3.63) is 59.7 Å². The van der Waals surface area contributed by atoms with Crippen LogP contribution in [-0.2, 0) is 16.4 Å². The minimum Gasteiger partial charge on any atom is -0.497 e. The van der Waals surface area contributed by atoms with Gasteiger partial charge in [-0.2, -0.15) is 0 Å². The summed E-state index contributed by atoms with van der Waals surface area (Å²) in [7, 11) is -1.53. The van der Waals surface area contributed by atoms with Gasteiger partial charge in [0.1, 0.15) is 11.5 Å². The maximum atomic E-state index is 13.3. The molecule has 6 nitrogen and oxygen atoms in total. The first kappa shape index (κ1) is 20.2. The Morgan fingerprint density at radius 3 is 2.57 bits per heavy atom. The topological polar surface area (TPSA) is 72.9 Å². The van der Waals surface area contributed by atoms with Crippen LogP contribution in [0.1, 0.15) is 29.3 Å². The summed E-state index contributed by atoms with van der Waals surface area (Å²) >= 11 is 0. The second kappa shape index (κ2) is 8.65. The highest BCUT2D eigenvalue weighted by Gasteiger charge is 2.35. The largest absolute Gasteiger partial charge is 0.497 e. The molecule has 0 aliphatic carbocycles. The zero-order valence-corrected chi connectivity index (χ0v) is 16.9. The molecule has 0 N–H and O–H groups in total. The van der Waals surface area contributed by atoms with Crippen LogP contribution in [0.15, 0.2) is 48.5 Å². The summed E-state index contributed by atoms with van der Waals surface area (Å²) in [4.78, 5) is 15.0. The van der Waals surface area contributed by atoms with Crippen LogP contribution in [0.25, 0.3) is 0 Å². The number of carbonyl (C=O) groups is 1. The van der Waals surface area contributed by atoms with Crippen molar-refractivity contribution < 1.29 is 22.7 Å². The molecule has 0 spiro atoms. The van der Waals surface area contributed by atoms with E-state index in [1.807, 2.05) is 31.2 Å². The van der Waals surface area contributed by atoms with E-state index in [4.69, 9.17) is 9.47 Å². The molecule has 1 fully saturated rings. The molecule has 150 valence electrons. The molecule has 0 saturated carbocycles. The van der Waals surface area contributed by atoms with Gasteiger partial charge in [0.2, 0.25) is 0 Å². The van der Waals surface area contributed by atoms with Gasteiger partial charge < -0.3 is 14.4 Å². The number of hydrogen-bond donors (Lipinski definition) is 0. The summed E-state index contributed by atoms with van der Waals surface area (Å²) in [6.45, 7) is 2.70. The van der Waals surface area contributed by atoms with Crippen molar-refractivity contribution in [3.63, 3.8) is 0 Å². The van der Waals surface area contributed by atoms with E-state index in [1.54, 1.807) is 36.3 Å². The maximum Gasteiger partial charge on any atom is 0.254 e. The molecule has 1 atom stereocenters. The van der Waals surface area contributed by atoms with Crippen molar-refractivity contribution in [1.29, 1.82) is 0 Å². The van der Waals surface area contributed by atoms with Gasteiger partial charge in [-0.05, 0) is 49.2 Å². The summed E-state index contributed by atoms with van der Waals surface area (Å²) in [5.74, 6) is 1.22. The second-order valence-electron chi connectivity index (χ2n) is 6.80. The lowest BCUT2D eigenvalue weighted by molar-refractivity contribution is 0.0680. The van der Waals surface area contributed by atoms with Gasteiger partial charge in [0, 0.05) is 18.2 Å². The van der Waals surface area contributed by atoms with Gasteiger partial charge in [-0.3, -0.25) is 4.79 Å². The Morgan fingerprint density at radius 2 is 1.89 bits per heavy atom. The van der Waals surface area contributed by atoms with Crippen LogP contribution in [0.4, 0.5) is 0 Å². The van der Waals surface area contributed by atoms with Gasteiger partial charge >= 0.3 is 0 Å². The highest BCUT2D eigenvalue weighted by molar-refractivity contribution is 7.91. The van der Waals surface area contributed by atoms with Crippen LogP contribution in [-0.4, -0.2) is 50.5 Å². The Hall–Kier alpha value is -2.54. The zero-order chi connectivity index (χ0) is 20.1. The van der Waals surface area contributed by atoms with Crippen LogP contribution in [0, 0.1) is 0 Å². The van der Waals surface area contributed by atoms with Crippen molar-refractivity contribution in [1.82, 2.24) is 4.90 Å². The first-order chi connectivity index (χ1) is 13.4. The first-order valence-electron chi connectivity index (χ1n) is 9.29. The molecule has 7 heteroatoms. The molecule has 1 aliphatic rings. The molecule has 1 aliphatic heterocycles. The predicted molar refractivity (Wildman–Crippen MR) is 108 cm³/mol. The third-order valence-electron chi connectivity index (χ3n) is 4.79. The smallest absolute Gasteiger partial charge is 0.254 e. The van der Waals surface area contributed by atoms with E-state index in [-0.39, 0.29) is 23.5 Å². The highest BCUT2D eigenvalue weighted by atomic mass is 32.2. The third kappa shape index (κ3) is 4.84. The van der Waals surface area contributed by atoms with Crippen LogP contribution in [0.2, 0.25) is 0 Å². The summed E-state index contributed by atoms with van der Waals surface area (Å²) in [6, 6.07) is 14.1. The molecular weight excluding hydrogens is 378 g/mol. The maximum absolute atomic E-state index is 13.3. The number of benzene rings is 2. The van der Waals surface area contributed by atoms with E-state index >= 15 is 0 Å². The average molecular weight is 404 g/mol. The van der Waals surface area contributed by atoms with Gasteiger partial charge in [-0.25, -0.2) is 8.42 Å². The van der Waals surface area contributed by atoms with E-state index in [9.17, 15) is 13.2 Å². The highest BCUT2D eigenvalue weighted by Crippen LogP contribution is 2.25. The summed E-state index contributed by atoms with van der Waals surface area (Å²) in [5, 5.41) is 0. The van der Waals surface area contributed by atoms with Gasteiger partial charge in [0.05, 0.1) is 25.2 Å². The Bertz CT molecular complexity index is 941. The van der Waals surface area contributed by atoms with Crippen molar-refractivity contribution in [2.24, 2.45) is 0 Å². The number of amides is 1. The van der Waals surface area contributed by atoms with E-state index in [0.717, 1.165) is 5.56 Å². The number of sulfone groups is 1. The fraction of sp³-hybridized carbons (Fsp3) is 0.381. The summed E-state index contributed by atoms with van der Waals surface area (Å²) in [6.07, 6.45) is 0.448. The van der Waals surface area contributed by atoms with Crippen molar-refractivity contribution in [3.8, 4) is 11.5 Å². The van der Waals surface area contributed by atoms with Gasteiger partial charge in [-0.15, -0.1) is 0 Å². The lowest BCUT2D eigenvalue weighted by atomic mass is 10.1. The Balaban J connectivity index is 1.91. The normalized spacial score (nSPS) is 17.9. The van der Waals surface area contributed by atoms with E-state index in [1.165, 1.54) is 0 Å². The number of methoxy groups -OCH3 is 1. The van der Waals surface area contributed by atoms with Crippen LogP contribution in [0.3, 0.4) is 0 Å². The van der Waals surface area contributed by atoms with Crippen LogP contribution < -0.4 is 9.47 Å². The third-order valence-corrected chi connectivity index (χ3v) is 6.54. The molecule has 1 amide bonds. The molecule has 28 heavy (non-hydrogen) atoms. The molecule has 2 aromatic carbocycles. The molecule has 3 rings (SSSR count). The monoisotopic (exact) mass is 403 g/mol. The number of ether oxygens (including phenoxy) is 2. The van der Waals surface area contributed by atoms with Gasteiger partial charge in [0.15, 0.2) is 9.84 Å². The van der Waals surface area contributed by atoms with Crippen LogP contribution in [0.5, 0.6) is 11.5 Å². The zero-order valence-electron chi connectivity index (χ0n) is 16.1. The average Bonchev–Trinajstić information content (AvgIpc) is 3.05. The number of hydrogen-bond acceptors (Lipinski definition) is 5. The summed E-state index contributed by atoms with van der Waals surface area (Å²) in [5.41, 5.74) is 1.37. The molecule has 1 heterocycles. The Morgan fingerprint density at radius 1 is 1.14 bits per heavy atom. The van der Waals surface area contributed by atoms with E-state index in [2.05, 4.69) is 0 Å². The number of carbonyl (C=O) groups excluding carboxylic acids is 1. The van der Waals surface area contributed by atoms with E-state index in [0.29, 0.717) is 36.6 Å². The van der Waals surface area contributed by atoms with Crippen molar-refractivity contribution in [2.75, 3.05) is 25.2 Å². The fourth-order valence-corrected chi connectivity index (χ4v) is 5.14. The minimum atomic E-state index is -3.12. The molecule has 0 bridgehead atoms. The minimum absolute atomic E-state index is 0.00609. The summed E-state index contributed by atoms with van der Waals surface area (Å²) < 4.78 is 34.8. The molecular formula is C21H25NO5S. The van der Waals surface area contributed by atoms with Crippen molar-refractivity contribution >= 4 is 15.7 Å². The Labute approximate surface area is 166 Å². The lowest BCUT2D eigenvalue weighted by Gasteiger charge is -2.29. The van der Waals surface area contributed by atoms with Gasteiger partial charge in [0.25, 0.3) is 5.91 Å². The lowest BCUT2D eigenvalue weighted by Crippen LogP contribution is -2.40. The second-order valence-corrected chi connectivity index (χ2v) is 9.03. The van der Waals surface area contributed by atoms with Crippen molar-refractivity contribution in [2.45, 2.75) is 25.9 Å². The predicted octanol–water partition coefficient (Wildman–Crippen LogP) is 2.92. The molecule has 0 aromatic heterocycles. The number of rotatable bonds is 7. The van der Waals surface area contributed by atoms with Crippen LogP contribution >= 0.6 is 0 Å². The Kier molecular flexibility index (Phi) is 6.24. The molecule has 0 radical (unpaired) electrons. The van der Waals surface area contributed by atoms with Gasteiger partial charge in [-0.1, -0.05) is 18.2 Å². The molecule has 1 saturated heterocycles. The number of nitrogens with zero attached hydrogens (tertiary/aromatic N) is 1. The first-order valence-corrected chi connectivity index (χ1v) is 11.1. The molecule has 0 unspecified atom stereocenters. The molecule has 2 aromatic rings.